The van der Waals surface area contributed by atoms with Crippen LogP contribution in [0.4, 0.5) is 0 Å². The lowest BCUT2D eigenvalue weighted by molar-refractivity contribution is 0.104. The Balaban J connectivity index is 2.17. The number of para-hydroxylation sites is 1. The van der Waals surface area contributed by atoms with E-state index in [1.807, 2.05) is 24.3 Å². The SMILES string of the molecule is O=C(c1sccc1Cl)c1coc2ccccc12. The number of thiophene rings is 1. The van der Waals surface area contributed by atoms with E-state index in [-0.39, 0.29) is 5.78 Å². The molecule has 2 aromatic heterocycles. The molecule has 84 valence electrons. The molecule has 0 fully saturated rings. The van der Waals surface area contributed by atoms with E-state index in [2.05, 4.69) is 0 Å². The molecule has 0 unspecified atom stereocenters. The van der Waals surface area contributed by atoms with Crippen LogP contribution in [0.2, 0.25) is 5.02 Å². The lowest BCUT2D eigenvalue weighted by atomic mass is 10.1. The number of rotatable bonds is 2. The second kappa shape index (κ2) is 4.02. The Labute approximate surface area is 106 Å². The predicted molar refractivity (Wildman–Crippen MR) is 69.0 cm³/mol. The third-order valence-electron chi connectivity index (χ3n) is 2.55. The van der Waals surface area contributed by atoms with Gasteiger partial charge in [0.05, 0.1) is 15.5 Å². The zero-order chi connectivity index (χ0) is 11.8. The predicted octanol–water partition coefficient (Wildman–Crippen LogP) is 4.38. The van der Waals surface area contributed by atoms with Crippen molar-refractivity contribution in [1.29, 1.82) is 0 Å². The Kier molecular flexibility index (Phi) is 2.50. The maximum Gasteiger partial charge on any atom is 0.208 e. The Bertz CT molecular complexity index is 696. The van der Waals surface area contributed by atoms with Crippen LogP contribution in [0.1, 0.15) is 15.2 Å². The highest BCUT2D eigenvalue weighted by atomic mass is 35.5. The quantitative estimate of drug-likeness (QED) is 0.642. The highest BCUT2D eigenvalue weighted by Crippen LogP contribution is 2.29. The molecule has 0 atom stereocenters. The Morgan fingerprint density at radius 2 is 2.06 bits per heavy atom. The van der Waals surface area contributed by atoms with Crippen molar-refractivity contribution in [3.8, 4) is 0 Å². The molecule has 0 bridgehead atoms. The van der Waals surface area contributed by atoms with E-state index >= 15 is 0 Å². The third kappa shape index (κ3) is 1.68. The summed E-state index contributed by atoms with van der Waals surface area (Å²) < 4.78 is 5.35. The molecule has 2 nitrogen and oxygen atoms in total. The fraction of sp³-hybridized carbons (Fsp3) is 0. The van der Waals surface area contributed by atoms with E-state index < -0.39 is 0 Å². The zero-order valence-corrected chi connectivity index (χ0v) is 10.2. The molecule has 0 radical (unpaired) electrons. The number of hydrogen-bond donors (Lipinski definition) is 0. The van der Waals surface area contributed by atoms with Crippen LogP contribution < -0.4 is 0 Å². The highest BCUT2D eigenvalue weighted by molar-refractivity contribution is 7.13. The van der Waals surface area contributed by atoms with Crippen molar-refractivity contribution in [3.63, 3.8) is 0 Å². The largest absolute Gasteiger partial charge is 0.464 e. The molecule has 0 saturated heterocycles. The van der Waals surface area contributed by atoms with E-state index in [0.29, 0.717) is 21.0 Å². The number of carbonyl (C=O) groups excluding carboxylic acids is 1. The molecule has 4 heteroatoms. The van der Waals surface area contributed by atoms with Crippen LogP contribution in [0.15, 0.2) is 46.4 Å². The average Bonchev–Trinajstić information content (AvgIpc) is 2.94. The van der Waals surface area contributed by atoms with Gasteiger partial charge in [0.25, 0.3) is 0 Å². The van der Waals surface area contributed by atoms with Gasteiger partial charge in [-0.05, 0) is 17.5 Å². The number of furan rings is 1. The van der Waals surface area contributed by atoms with Crippen molar-refractivity contribution < 1.29 is 9.21 Å². The molecule has 0 aliphatic rings. The zero-order valence-electron chi connectivity index (χ0n) is 8.64. The smallest absolute Gasteiger partial charge is 0.208 e. The summed E-state index contributed by atoms with van der Waals surface area (Å²) in [5.74, 6) is -0.0880. The number of fused-ring (bicyclic) bond motifs is 1. The van der Waals surface area contributed by atoms with Crippen LogP contribution in [-0.2, 0) is 0 Å². The second-order valence-electron chi connectivity index (χ2n) is 3.57. The Hall–Kier alpha value is -1.58. The molecular weight excluding hydrogens is 256 g/mol. The Morgan fingerprint density at radius 3 is 2.82 bits per heavy atom. The van der Waals surface area contributed by atoms with Crippen LogP contribution in [-0.4, -0.2) is 5.78 Å². The minimum Gasteiger partial charge on any atom is -0.464 e. The van der Waals surface area contributed by atoms with Gasteiger partial charge in [-0.15, -0.1) is 11.3 Å². The maximum atomic E-state index is 12.3. The van der Waals surface area contributed by atoms with Gasteiger partial charge in [0.1, 0.15) is 11.8 Å². The summed E-state index contributed by atoms with van der Waals surface area (Å²) in [6.45, 7) is 0. The standard InChI is InChI=1S/C13H7ClO2S/c14-10-5-6-17-13(10)12(15)9-7-16-11-4-2-1-3-8(9)11/h1-7H. The Morgan fingerprint density at radius 1 is 1.24 bits per heavy atom. The molecule has 0 saturated carbocycles. The molecule has 0 amide bonds. The van der Waals surface area contributed by atoms with Crippen LogP contribution in [0.5, 0.6) is 0 Å². The summed E-state index contributed by atoms with van der Waals surface area (Å²) in [5, 5.41) is 3.12. The van der Waals surface area contributed by atoms with Crippen LogP contribution in [0, 0.1) is 0 Å². The van der Waals surface area contributed by atoms with Gasteiger partial charge in [-0.3, -0.25) is 4.79 Å². The summed E-state index contributed by atoms with van der Waals surface area (Å²) in [6, 6.07) is 9.18. The minimum atomic E-state index is -0.0880. The normalized spacial score (nSPS) is 10.9. The average molecular weight is 263 g/mol. The first-order valence-corrected chi connectivity index (χ1v) is 6.27. The summed E-state index contributed by atoms with van der Waals surface area (Å²) >= 11 is 7.30. The molecule has 0 aliphatic heterocycles. The molecule has 0 N–H and O–H groups in total. The monoisotopic (exact) mass is 262 g/mol. The van der Waals surface area contributed by atoms with E-state index in [1.165, 1.54) is 17.6 Å². The van der Waals surface area contributed by atoms with Crippen molar-refractivity contribution in [2.75, 3.05) is 0 Å². The topological polar surface area (TPSA) is 30.2 Å². The van der Waals surface area contributed by atoms with Crippen molar-refractivity contribution in [2.45, 2.75) is 0 Å². The molecule has 0 aliphatic carbocycles. The molecule has 0 spiro atoms. The van der Waals surface area contributed by atoms with Gasteiger partial charge in [0.2, 0.25) is 5.78 Å². The summed E-state index contributed by atoms with van der Waals surface area (Å²) in [7, 11) is 0. The summed E-state index contributed by atoms with van der Waals surface area (Å²) in [6.07, 6.45) is 1.49. The van der Waals surface area contributed by atoms with E-state index in [4.69, 9.17) is 16.0 Å². The van der Waals surface area contributed by atoms with Gasteiger partial charge >= 0.3 is 0 Å². The van der Waals surface area contributed by atoms with Gasteiger partial charge in [-0.25, -0.2) is 0 Å². The fourth-order valence-corrected chi connectivity index (χ4v) is 2.83. The molecule has 17 heavy (non-hydrogen) atoms. The van der Waals surface area contributed by atoms with Crippen LogP contribution in [0.25, 0.3) is 11.0 Å². The third-order valence-corrected chi connectivity index (χ3v) is 3.89. The summed E-state index contributed by atoms with van der Waals surface area (Å²) in [5.41, 5.74) is 1.27. The number of benzene rings is 1. The summed E-state index contributed by atoms with van der Waals surface area (Å²) in [4.78, 5) is 12.8. The van der Waals surface area contributed by atoms with Crippen LogP contribution in [0.3, 0.4) is 0 Å². The number of carbonyl (C=O) groups is 1. The van der Waals surface area contributed by atoms with E-state index in [0.717, 1.165) is 5.39 Å². The maximum absolute atomic E-state index is 12.3. The molecular formula is C13H7ClO2S. The van der Waals surface area contributed by atoms with Crippen molar-refractivity contribution in [3.05, 3.63) is 57.4 Å². The second-order valence-corrected chi connectivity index (χ2v) is 4.90. The van der Waals surface area contributed by atoms with Gasteiger partial charge in [0, 0.05) is 5.39 Å². The lowest BCUT2D eigenvalue weighted by Gasteiger charge is -1.95. The number of ketones is 1. The minimum absolute atomic E-state index is 0.0880. The van der Waals surface area contributed by atoms with Gasteiger partial charge in [0.15, 0.2) is 0 Å². The molecule has 3 rings (SSSR count). The molecule has 1 aromatic carbocycles. The van der Waals surface area contributed by atoms with E-state index in [1.54, 1.807) is 11.4 Å². The van der Waals surface area contributed by atoms with Crippen molar-refractivity contribution in [1.82, 2.24) is 0 Å². The van der Waals surface area contributed by atoms with Gasteiger partial charge in [-0.1, -0.05) is 29.8 Å². The molecule has 2 heterocycles. The lowest BCUT2D eigenvalue weighted by Crippen LogP contribution is -1.97. The van der Waals surface area contributed by atoms with Gasteiger partial charge < -0.3 is 4.42 Å². The first-order chi connectivity index (χ1) is 8.27. The molecule has 3 aromatic rings. The van der Waals surface area contributed by atoms with Gasteiger partial charge in [-0.2, -0.15) is 0 Å². The highest BCUT2D eigenvalue weighted by Gasteiger charge is 2.18. The first kappa shape index (κ1) is 10.6. The number of halogens is 1. The van der Waals surface area contributed by atoms with Crippen molar-refractivity contribution in [2.24, 2.45) is 0 Å². The van der Waals surface area contributed by atoms with E-state index in [9.17, 15) is 4.79 Å². The first-order valence-electron chi connectivity index (χ1n) is 5.01. The fourth-order valence-electron chi connectivity index (χ4n) is 1.73. The van der Waals surface area contributed by atoms with Crippen molar-refractivity contribution >= 4 is 39.7 Å². The number of hydrogen-bond acceptors (Lipinski definition) is 3. The van der Waals surface area contributed by atoms with Crippen LogP contribution >= 0.6 is 22.9 Å².